The van der Waals surface area contributed by atoms with E-state index in [1.54, 1.807) is 12.1 Å². The Kier molecular flexibility index (Phi) is 5.91. The monoisotopic (exact) mass is 296 g/mol. The van der Waals surface area contributed by atoms with E-state index in [0.29, 0.717) is 5.56 Å². The van der Waals surface area contributed by atoms with Gasteiger partial charge < -0.3 is 5.32 Å². The lowest BCUT2D eigenvalue weighted by Gasteiger charge is -2.18. The highest BCUT2D eigenvalue weighted by Crippen LogP contribution is 2.06. The molecule has 0 aliphatic rings. The van der Waals surface area contributed by atoms with Crippen molar-refractivity contribution in [3.8, 4) is 0 Å². The maximum absolute atomic E-state index is 12.0. The Morgan fingerprint density at radius 2 is 2.05 bits per heavy atom. The Labute approximate surface area is 120 Å². The highest BCUT2D eigenvalue weighted by Gasteiger charge is 2.15. The zero-order chi connectivity index (χ0) is 15.2. The highest BCUT2D eigenvalue weighted by molar-refractivity contribution is 7.88. The summed E-state index contributed by atoms with van der Waals surface area (Å²) in [4.78, 5) is 12.0. The average molecular weight is 296 g/mol. The van der Waals surface area contributed by atoms with Crippen molar-refractivity contribution < 1.29 is 13.2 Å². The summed E-state index contributed by atoms with van der Waals surface area (Å²) in [5.41, 5.74) is 1.48. The number of nitrogens with one attached hydrogen (secondary N) is 1. The molecule has 0 saturated carbocycles. The quantitative estimate of drug-likeness (QED) is 0.768. The minimum Gasteiger partial charge on any atom is -0.351 e. The van der Waals surface area contributed by atoms with E-state index >= 15 is 0 Å². The number of hydrogen-bond acceptors (Lipinski definition) is 3. The van der Waals surface area contributed by atoms with Gasteiger partial charge in [0, 0.05) is 25.2 Å². The van der Waals surface area contributed by atoms with E-state index in [-0.39, 0.29) is 25.5 Å². The summed E-state index contributed by atoms with van der Waals surface area (Å²) >= 11 is 0. The van der Waals surface area contributed by atoms with Gasteiger partial charge in [0.15, 0.2) is 0 Å². The fourth-order valence-corrected chi connectivity index (χ4v) is 2.55. The van der Waals surface area contributed by atoms with E-state index in [2.05, 4.69) is 11.9 Å². The van der Waals surface area contributed by atoms with E-state index < -0.39 is 10.0 Å². The first-order valence-corrected chi connectivity index (χ1v) is 8.11. The lowest BCUT2D eigenvalue weighted by molar-refractivity contribution is 0.0951. The summed E-state index contributed by atoms with van der Waals surface area (Å²) in [6, 6.07) is 7.25. The van der Waals surface area contributed by atoms with Crippen LogP contribution in [0.25, 0.3) is 0 Å². The Hall–Kier alpha value is -1.66. The molecule has 1 amide bonds. The molecule has 0 atom stereocenters. The fourth-order valence-electron chi connectivity index (χ4n) is 1.75. The second kappa shape index (κ2) is 7.21. The van der Waals surface area contributed by atoms with Crippen LogP contribution in [0, 0.1) is 6.92 Å². The standard InChI is InChI=1S/C14H20N2O3S/c1-4-10-16(20(3,18)19)11-9-15-14(17)13-8-6-5-7-12(13)2/h4-8H,1,9-11H2,2-3H3,(H,15,17). The summed E-state index contributed by atoms with van der Waals surface area (Å²) in [5.74, 6) is -0.199. The maximum Gasteiger partial charge on any atom is 0.251 e. The van der Waals surface area contributed by atoms with Gasteiger partial charge in [-0.25, -0.2) is 8.42 Å². The van der Waals surface area contributed by atoms with Gasteiger partial charge in [0.2, 0.25) is 10.0 Å². The molecule has 0 fully saturated rings. The van der Waals surface area contributed by atoms with Crippen LogP contribution in [0.15, 0.2) is 36.9 Å². The minimum atomic E-state index is -3.29. The average Bonchev–Trinajstić information content (AvgIpc) is 2.37. The lowest BCUT2D eigenvalue weighted by atomic mass is 10.1. The zero-order valence-electron chi connectivity index (χ0n) is 11.8. The van der Waals surface area contributed by atoms with E-state index in [9.17, 15) is 13.2 Å². The molecule has 0 saturated heterocycles. The topological polar surface area (TPSA) is 66.5 Å². The Morgan fingerprint density at radius 1 is 1.40 bits per heavy atom. The van der Waals surface area contributed by atoms with Crippen LogP contribution in [-0.2, 0) is 10.0 Å². The molecular formula is C14H20N2O3S. The van der Waals surface area contributed by atoms with E-state index in [0.717, 1.165) is 11.8 Å². The third-order valence-electron chi connectivity index (χ3n) is 2.84. The number of rotatable bonds is 7. The third-order valence-corrected chi connectivity index (χ3v) is 4.11. The Bertz CT molecular complexity index is 582. The summed E-state index contributed by atoms with van der Waals surface area (Å²) < 4.78 is 24.2. The van der Waals surface area contributed by atoms with E-state index in [1.165, 1.54) is 10.4 Å². The minimum absolute atomic E-state index is 0.199. The van der Waals surface area contributed by atoms with Crippen LogP contribution < -0.4 is 5.32 Å². The number of sulfonamides is 1. The van der Waals surface area contributed by atoms with Crippen LogP contribution in [0.2, 0.25) is 0 Å². The normalized spacial score (nSPS) is 11.3. The molecule has 1 rings (SSSR count). The Balaban J connectivity index is 2.57. The molecule has 0 bridgehead atoms. The van der Waals surface area contributed by atoms with Gasteiger partial charge in [0.25, 0.3) is 5.91 Å². The van der Waals surface area contributed by atoms with Gasteiger partial charge >= 0.3 is 0 Å². The summed E-state index contributed by atoms with van der Waals surface area (Å²) in [6.45, 7) is 6.10. The molecule has 1 aromatic rings. The molecule has 110 valence electrons. The first kappa shape index (κ1) is 16.4. The summed E-state index contributed by atoms with van der Waals surface area (Å²) in [6.07, 6.45) is 2.66. The van der Waals surface area contributed by atoms with Gasteiger partial charge in [-0.1, -0.05) is 24.3 Å². The second-order valence-electron chi connectivity index (χ2n) is 4.48. The molecule has 1 aromatic carbocycles. The van der Waals surface area contributed by atoms with Gasteiger partial charge in [0.05, 0.1) is 6.26 Å². The number of aryl methyl sites for hydroxylation is 1. The molecule has 6 heteroatoms. The molecule has 0 aromatic heterocycles. The van der Waals surface area contributed by atoms with Crippen molar-refractivity contribution in [3.63, 3.8) is 0 Å². The highest BCUT2D eigenvalue weighted by atomic mass is 32.2. The van der Waals surface area contributed by atoms with Gasteiger partial charge in [-0.3, -0.25) is 4.79 Å². The smallest absolute Gasteiger partial charge is 0.251 e. The molecule has 20 heavy (non-hydrogen) atoms. The number of amides is 1. The van der Waals surface area contributed by atoms with Crippen LogP contribution in [-0.4, -0.2) is 44.5 Å². The van der Waals surface area contributed by atoms with Crippen molar-refractivity contribution in [1.29, 1.82) is 0 Å². The van der Waals surface area contributed by atoms with Gasteiger partial charge in [-0.15, -0.1) is 6.58 Å². The largest absolute Gasteiger partial charge is 0.351 e. The second-order valence-corrected chi connectivity index (χ2v) is 6.46. The maximum atomic E-state index is 12.0. The molecule has 0 heterocycles. The zero-order valence-corrected chi connectivity index (χ0v) is 12.6. The van der Waals surface area contributed by atoms with Crippen molar-refractivity contribution in [2.24, 2.45) is 0 Å². The molecule has 0 aliphatic heterocycles. The van der Waals surface area contributed by atoms with Crippen molar-refractivity contribution in [2.45, 2.75) is 6.92 Å². The molecule has 0 spiro atoms. The predicted molar refractivity (Wildman–Crippen MR) is 80.1 cm³/mol. The molecule has 0 unspecified atom stereocenters. The predicted octanol–water partition coefficient (Wildman–Crippen LogP) is 1.17. The van der Waals surface area contributed by atoms with Gasteiger partial charge in [0.1, 0.15) is 0 Å². The van der Waals surface area contributed by atoms with E-state index in [4.69, 9.17) is 0 Å². The van der Waals surface area contributed by atoms with Crippen molar-refractivity contribution in [1.82, 2.24) is 9.62 Å². The molecule has 0 radical (unpaired) electrons. The third kappa shape index (κ3) is 4.79. The fraction of sp³-hybridized carbons (Fsp3) is 0.357. The van der Waals surface area contributed by atoms with Gasteiger partial charge in [-0.05, 0) is 18.6 Å². The summed E-state index contributed by atoms with van der Waals surface area (Å²) in [7, 11) is -3.29. The molecule has 5 nitrogen and oxygen atoms in total. The Morgan fingerprint density at radius 3 is 2.60 bits per heavy atom. The first-order valence-electron chi connectivity index (χ1n) is 6.26. The van der Waals surface area contributed by atoms with Crippen LogP contribution in [0.3, 0.4) is 0 Å². The van der Waals surface area contributed by atoms with Crippen molar-refractivity contribution in [3.05, 3.63) is 48.0 Å². The van der Waals surface area contributed by atoms with Crippen molar-refractivity contribution in [2.75, 3.05) is 25.9 Å². The molecular weight excluding hydrogens is 276 g/mol. The van der Waals surface area contributed by atoms with Crippen LogP contribution in [0.1, 0.15) is 15.9 Å². The number of hydrogen-bond donors (Lipinski definition) is 1. The van der Waals surface area contributed by atoms with Crippen LogP contribution >= 0.6 is 0 Å². The first-order chi connectivity index (χ1) is 9.36. The molecule has 0 aliphatic carbocycles. The number of carbonyl (C=O) groups excluding carboxylic acids is 1. The number of nitrogens with zero attached hydrogens (tertiary/aromatic N) is 1. The SMILES string of the molecule is C=CCN(CCNC(=O)c1ccccc1C)S(C)(=O)=O. The van der Waals surface area contributed by atoms with Crippen LogP contribution in [0.4, 0.5) is 0 Å². The molecule has 1 N–H and O–H groups in total. The van der Waals surface area contributed by atoms with E-state index in [1.807, 2.05) is 19.1 Å². The van der Waals surface area contributed by atoms with Crippen molar-refractivity contribution >= 4 is 15.9 Å². The van der Waals surface area contributed by atoms with Gasteiger partial charge in [-0.2, -0.15) is 4.31 Å². The van der Waals surface area contributed by atoms with Crippen LogP contribution in [0.5, 0.6) is 0 Å². The summed E-state index contributed by atoms with van der Waals surface area (Å²) in [5, 5.41) is 2.72. The number of carbonyl (C=O) groups is 1. The number of benzene rings is 1. The lowest BCUT2D eigenvalue weighted by Crippen LogP contribution is -2.38.